The van der Waals surface area contributed by atoms with Crippen molar-refractivity contribution in [2.45, 2.75) is 38.1 Å². The van der Waals surface area contributed by atoms with Crippen molar-refractivity contribution in [3.63, 3.8) is 0 Å². The summed E-state index contributed by atoms with van der Waals surface area (Å²) < 4.78 is 0. The van der Waals surface area contributed by atoms with Crippen LogP contribution < -0.4 is 5.32 Å². The second-order valence-corrected chi connectivity index (χ2v) is 8.64. The number of aromatic amines is 1. The number of nitrogens with one attached hydrogen (secondary N) is 2. The third-order valence-electron chi connectivity index (χ3n) is 6.46. The van der Waals surface area contributed by atoms with Gasteiger partial charge in [-0.25, -0.2) is 9.97 Å². The number of pyridine rings is 1. The van der Waals surface area contributed by atoms with E-state index in [1.807, 2.05) is 17.2 Å². The van der Waals surface area contributed by atoms with Gasteiger partial charge in [0.15, 0.2) is 0 Å². The Morgan fingerprint density at radius 3 is 2.70 bits per heavy atom. The van der Waals surface area contributed by atoms with Crippen LogP contribution in [-0.4, -0.2) is 53.0 Å². The molecule has 0 spiro atoms. The lowest BCUT2D eigenvalue weighted by molar-refractivity contribution is -0.00847. The van der Waals surface area contributed by atoms with Gasteiger partial charge in [-0.05, 0) is 30.0 Å². The Balaban J connectivity index is 1.14. The van der Waals surface area contributed by atoms with Crippen molar-refractivity contribution in [2.75, 3.05) is 11.9 Å². The Bertz CT molecular complexity index is 1250. The molecule has 1 aliphatic carbocycles. The minimum Gasteiger partial charge on any atom is -0.374 e. The molecule has 4 heterocycles. The molecular weight excluding hydrogens is 416 g/mol. The van der Waals surface area contributed by atoms with Crippen LogP contribution in [0.2, 0.25) is 0 Å². The van der Waals surface area contributed by atoms with E-state index >= 15 is 0 Å². The highest BCUT2D eigenvalue weighted by molar-refractivity contribution is 5.57. The fraction of sp³-hybridized carbons (Fsp3) is 0.292. The maximum absolute atomic E-state index is 11.0. The highest BCUT2D eigenvalue weighted by atomic mass is 16.3. The van der Waals surface area contributed by atoms with Crippen LogP contribution in [0.15, 0.2) is 55.1 Å². The maximum atomic E-state index is 11.0. The van der Waals surface area contributed by atoms with E-state index in [2.05, 4.69) is 55.0 Å². The molecule has 0 saturated carbocycles. The normalized spacial score (nSPS) is 16.9. The number of aliphatic hydroxyl groups is 1. The fourth-order valence-corrected chi connectivity index (χ4v) is 4.75. The largest absolute Gasteiger partial charge is 0.374 e. The highest BCUT2D eigenvalue weighted by Crippen LogP contribution is 2.28. The molecule has 2 aliphatic rings. The van der Waals surface area contributed by atoms with Crippen molar-refractivity contribution in [2.24, 2.45) is 0 Å². The summed E-state index contributed by atoms with van der Waals surface area (Å²) in [6.45, 7) is 1.29. The zero-order valence-corrected chi connectivity index (χ0v) is 18.0. The van der Waals surface area contributed by atoms with Crippen molar-refractivity contribution in [1.29, 1.82) is 0 Å². The number of hydrogen-bond donors (Lipinski definition) is 3. The number of aromatic nitrogens is 6. The summed E-state index contributed by atoms with van der Waals surface area (Å²) in [7, 11) is 0. The fourth-order valence-electron chi connectivity index (χ4n) is 4.75. The van der Waals surface area contributed by atoms with Gasteiger partial charge >= 0.3 is 0 Å². The van der Waals surface area contributed by atoms with Crippen molar-refractivity contribution in [3.05, 3.63) is 83.1 Å². The molecule has 1 aromatic carbocycles. The smallest absolute Gasteiger partial charge is 0.223 e. The molecule has 1 atom stereocenters. The Labute approximate surface area is 190 Å². The van der Waals surface area contributed by atoms with Gasteiger partial charge in [0.1, 0.15) is 11.9 Å². The average Bonchev–Trinajstić information content (AvgIpc) is 3.53. The lowest BCUT2D eigenvalue weighted by Gasteiger charge is -2.32. The summed E-state index contributed by atoms with van der Waals surface area (Å²) in [5, 5.41) is 25.1. The van der Waals surface area contributed by atoms with Crippen molar-refractivity contribution in [1.82, 2.24) is 35.3 Å². The molecule has 1 aliphatic heterocycles. The summed E-state index contributed by atoms with van der Waals surface area (Å²) >= 11 is 0. The molecule has 9 heteroatoms. The van der Waals surface area contributed by atoms with Crippen LogP contribution >= 0.6 is 0 Å². The topological polar surface area (TPSA) is 116 Å². The first-order chi connectivity index (χ1) is 16.2. The van der Waals surface area contributed by atoms with Crippen LogP contribution in [0.3, 0.4) is 0 Å². The number of rotatable bonds is 5. The Kier molecular flexibility index (Phi) is 5.04. The van der Waals surface area contributed by atoms with E-state index in [0.29, 0.717) is 30.8 Å². The van der Waals surface area contributed by atoms with Gasteiger partial charge in [-0.15, -0.1) is 0 Å². The monoisotopic (exact) mass is 440 g/mol. The number of H-pyrrole nitrogens is 1. The zero-order valence-electron chi connectivity index (χ0n) is 18.0. The summed E-state index contributed by atoms with van der Waals surface area (Å²) in [5.74, 6) is 0.685. The third kappa shape index (κ3) is 3.96. The second-order valence-electron chi connectivity index (χ2n) is 8.64. The van der Waals surface area contributed by atoms with Crippen LogP contribution in [0.1, 0.15) is 34.2 Å². The summed E-state index contributed by atoms with van der Waals surface area (Å²) in [5.41, 5.74) is 7.12. The summed E-state index contributed by atoms with van der Waals surface area (Å²) in [6.07, 6.45) is 8.90. The van der Waals surface area contributed by atoms with Gasteiger partial charge in [0.25, 0.3) is 0 Å². The van der Waals surface area contributed by atoms with Crippen molar-refractivity contribution < 1.29 is 5.11 Å². The maximum Gasteiger partial charge on any atom is 0.223 e. The van der Waals surface area contributed by atoms with Crippen LogP contribution in [0.25, 0.3) is 11.3 Å². The molecule has 1 unspecified atom stereocenters. The van der Waals surface area contributed by atoms with Crippen molar-refractivity contribution >= 4 is 5.95 Å². The average molecular weight is 441 g/mol. The van der Waals surface area contributed by atoms with Crippen LogP contribution in [-0.2, 0) is 25.8 Å². The predicted molar refractivity (Wildman–Crippen MR) is 122 cm³/mol. The number of hydrogen-bond acceptors (Lipinski definition) is 8. The molecule has 0 fully saturated rings. The van der Waals surface area contributed by atoms with Gasteiger partial charge in [-0.1, -0.05) is 24.3 Å². The van der Waals surface area contributed by atoms with Gasteiger partial charge < -0.3 is 10.4 Å². The van der Waals surface area contributed by atoms with E-state index in [1.165, 1.54) is 11.1 Å². The van der Waals surface area contributed by atoms with E-state index < -0.39 is 6.23 Å². The van der Waals surface area contributed by atoms with Crippen LogP contribution in [0.5, 0.6) is 0 Å². The molecule has 0 bridgehead atoms. The molecule has 3 N–H and O–H groups in total. The predicted octanol–water partition coefficient (Wildman–Crippen LogP) is 2.29. The first kappa shape index (κ1) is 20.0. The number of fused-ring (bicyclic) bond motifs is 2. The molecule has 6 rings (SSSR count). The highest BCUT2D eigenvalue weighted by Gasteiger charge is 2.26. The molecular formula is C24H24N8O. The van der Waals surface area contributed by atoms with Crippen LogP contribution in [0.4, 0.5) is 5.95 Å². The molecule has 3 aromatic heterocycles. The van der Waals surface area contributed by atoms with E-state index in [9.17, 15) is 5.11 Å². The Morgan fingerprint density at radius 2 is 1.91 bits per heavy atom. The minimum atomic E-state index is -0.771. The van der Waals surface area contributed by atoms with Gasteiger partial charge in [-0.3, -0.25) is 9.88 Å². The van der Waals surface area contributed by atoms with Crippen LogP contribution in [0, 0.1) is 0 Å². The first-order valence-electron chi connectivity index (χ1n) is 11.1. The molecule has 9 nitrogen and oxygen atoms in total. The second kappa shape index (κ2) is 8.34. The zero-order chi connectivity index (χ0) is 22.2. The molecule has 0 amide bonds. The van der Waals surface area contributed by atoms with Crippen molar-refractivity contribution in [3.8, 4) is 11.3 Å². The van der Waals surface area contributed by atoms with Gasteiger partial charge in [0.05, 0.1) is 11.9 Å². The standard InChI is InChI=1S/C24H24N8O/c33-23(18-7-17(10-25-11-18)22-13-27-31-30-22)32-6-5-21-19(14-32)12-26-24(29-21)28-20-8-15-3-1-2-4-16(15)9-20/h1-4,7,10-13,20,23,33H,5-6,8-9,14H2,(H,26,28,29)(H,27,30,31). The van der Waals surface area contributed by atoms with Gasteiger partial charge in [0.2, 0.25) is 5.95 Å². The number of nitrogens with zero attached hydrogens (tertiary/aromatic N) is 6. The summed E-state index contributed by atoms with van der Waals surface area (Å²) in [4.78, 5) is 15.6. The van der Waals surface area contributed by atoms with Gasteiger partial charge in [0, 0.05) is 60.8 Å². The molecule has 33 heavy (non-hydrogen) atoms. The SMILES string of the molecule is OC(c1cncc(-c2cn[nH]n2)c1)N1CCc2nc(NC3Cc4ccccc4C3)ncc2C1. The quantitative estimate of drug-likeness (QED) is 0.433. The lowest BCUT2D eigenvalue weighted by atomic mass is 10.1. The van der Waals surface area contributed by atoms with E-state index in [0.717, 1.165) is 41.6 Å². The Morgan fingerprint density at radius 1 is 1.06 bits per heavy atom. The third-order valence-corrected chi connectivity index (χ3v) is 6.46. The number of aliphatic hydroxyl groups excluding tert-OH is 1. The lowest BCUT2D eigenvalue weighted by Crippen LogP contribution is -2.35. The molecule has 0 radical (unpaired) electrons. The first-order valence-corrected chi connectivity index (χ1v) is 11.1. The Hall–Kier alpha value is -3.69. The number of benzene rings is 1. The molecule has 166 valence electrons. The number of anilines is 1. The van der Waals surface area contributed by atoms with E-state index in [-0.39, 0.29) is 0 Å². The van der Waals surface area contributed by atoms with Gasteiger partial charge in [-0.2, -0.15) is 15.4 Å². The summed E-state index contributed by atoms with van der Waals surface area (Å²) in [6, 6.07) is 10.8. The molecule has 4 aromatic rings. The molecule has 0 saturated heterocycles. The minimum absolute atomic E-state index is 0.326. The van der Waals surface area contributed by atoms with E-state index in [4.69, 9.17) is 4.98 Å². The van der Waals surface area contributed by atoms with E-state index in [1.54, 1.807) is 18.6 Å².